The fourth-order valence-corrected chi connectivity index (χ4v) is 1.52. The number of methoxy groups -OCH3 is 1. The van der Waals surface area contributed by atoms with Gasteiger partial charge in [0.2, 0.25) is 0 Å². The Kier molecular flexibility index (Phi) is 4.96. The van der Waals surface area contributed by atoms with Crippen molar-refractivity contribution in [3.63, 3.8) is 0 Å². The number of ether oxygens (including phenoxy) is 2. The molecule has 0 bridgehead atoms. The average molecular weight is 287 g/mol. The van der Waals surface area contributed by atoms with Crippen LogP contribution in [0.4, 0.5) is 0 Å². The normalized spacial score (nSPS) is 12.2. The van der Waals surface area contributed by atoms with Crippen LogP contribution in [0.15, 0.2) is 22.7 Å². The molecule has 0 heterocycles. The second-order valence-electron chi connectivity index (χ2n) is 3.55. The van der Waals surface area contributed by atoms with Crippen LogP contribution in [-0.2, 0) is 4.74 Å². The Balaban J connectivity index is 2.84. The maximum Gasteiger partial charge on any atom is 0.163 e. The summed E-state index contributed by atoms with van der Waals surface area (Å²) in [7, 11) is 1.63. The summed E-state index contributed by atoms with van der Waals surface area (Å²) in [4.78, 5) is 11.4. The van der Waals surface area contributed by atoms with Crippen LogP contribution < -0.4 is 4.74 Å². The van der Waals surface area contributed by atoms with Crippen LogP contribution in [0.25, 0.3) is 0 Å². The highest BCUT2D eigenvalue weighted by Crippen LogP contribution is 2.24. The highest BCUT2D eigenvalue weighted by molar-refractivity contribution is 9.10. The lowest BCUT2D eigenvalue weighted by molar-refractivity contribution is 0.0708. The monoisotopic (exact) mass is 286 g/mol. The van der Waals surface area contributed by atoms with Crippen molar-refractivity contribution < 1.29 is 14.3 Å². The summed E-state index contributed by atoms with van der Waals surface area (Å²) in [6.45, 7) is 3.86. The predicted molar refractivity (Wildman–Crippen MR) is 66.1 cm³/mol. The van der Waals surface area contributed by atoms with Gasteiger partial charge >= 0.3 is 0 Å². The van der Waals surface area contributed by atoms with Crippen molar-refractivity contribution in [2.75, 3.05) is 13.7 Å². The van der Waals surface area contributed by atoms with E-state index in [2.05, 4.69) is 15.9 Å². The van der Waals surface area contributed by atoms with Gasteiger partial charge in [-0.05, 0) is 32.0 Å². The van der Waals surface area contributed by atoms with E-state index < -0.39 is 0 Å². The van der Waals surface area contributed by atoms with Crippen LogP contribution in [0.2, 0.25) is 0 Å². The molecule has 0 saturated carbocycles. The van der Waals surface area contributed by atoms with Crippen molar-refractivity contribution in [3.05, 3.63) is 28.2 Å². The van der Waals surface area contributed by atoms with E-state index in [-0.39, 0.29) is 11.9 Å². The minimum Gasteiger partial charge on any atom is -0.490 e. The third-order valence-corrected chi connectivity index (χ3v) is 2.69. The third kappa shape index (κ3) is 3.61. The number of Topliss-reactive ketones (excluding diaryl/α,β-unsaturated/α-hetero) is 1. The Morgan fingerprint density at radius 2 is 2.19 bits per heavy atom. The van der Waals surface area contributed by atoms with E-state index in [0.717, 1.165) is 4.47 Å². The third-order valence-electron chi connectivity index (χ3n) is 2.20. The molecule has 3 nitrogen and oxygen atoms in total. The van der Waals surface area contributed by atoms with Crippen molar-refractivity contribution >= 4 is 21.7 Å². The highest BCUT2D eigenvalue weighted by Gasteiger charge is 2.10. The molecule has 0 aliphatic heterocycles. The second-order valence-corrected chi connectivity index (χ2v) is 4.47. The zero-order valence-electron chi connectivity index (χ0n) is 9.62. The fourth-order valence-electron chi connectivity index (χ4n) is 1.18. The number of hydrogen-bond acceptors (Lipinski definition) is 3. The Hall–Kier alpha value is -0.870. The summed E-state index contributed by atoms with van der Waals surface area (Å²) < 4.78 is 11.5. The van der Waals surface area contributed by atoms with Crippen molar-refractivity contribution in [2.24, 2.45) is 0 Å². The maximum absolute atomic E-state index is 11.4. The molecule has 0 amide bonds. The first kappa shape index (κ1) is 13.2. The van der Waals surface area contributed by atoms with Gasteiger partial charge in [0.25, 0.3) is 0 Å². The number of halogens is 1. The largest absolute Gasteiger partial charge is 0.490 e. The minimum atomic E-state index is -0.00688. The van der Waals surface area contributed by atoms with Crippen LogP contribution in [0.3, 0.4) is 0 Å². The zero-order valence-corrected chi connectivity index (χ0v) is 11.2. The van der Waals surface area contributed by atoms with Crippen LogP contribution in [0.1, 0.15) is 24.2 Å². The van der Waals surface area contributed by atoms with Crippen molar-refractivity contribution in [1.82, 2.24) is 0 Å². The summed E-state index contributed by atoms with van der Waals surface area (Å²) in [6, 6.07) is 5.36. The topological polar surface area (TPSA) is 35.5 Å². The van der Waals surface area contributed by atoms with Gasteiger partial charge in [-0.25, -0.2) is 0 Å². The summed E-state index contributed by atoms with van der Waals surface area (Å²) in [5.74, 6) is 0.582. The predicted octanol–water partition coefficient (Wildman–Crippen LogP) is 3.07. The number of ketones is 1. The first-order chi connectivity index (χ1) is 7.54. The van der Waals surface area contributed by atoms with Gasteiger partial charge in [-0.3, -0.25) is 4.79 Å². The number of hydrogen-bond donors (Lipinski definition) is 0. The molecule has 1 aromatic carbocycles. The van der Waals surface area contributed by atoms with Crippen molar-refractivity contribution in [2.45, 2.75) is 20.0 Å². The van der Waals surface area contributed by atoms with E-state index in [4.69, 9.17) is 9.47 Å². The van der Waals surface area contributed by atoms with Gasteiger partial charge in [-0.1, -0.05) is 15.9 Å². The zero-order chi connectivity index (χ0) is 12.1. The van der Waals surface area contributed by atoms with Crippen LogP contribution in [0.5, 0.6) is 5.75 Å². The van der Waals surface area contributed by atoms with E-state index in [0.29, 0.717) is 17.9 Å². The van der Waals surface area contributed by atoms with Crippen LogP contribution in [-0.4, -0.2) is 25.6 Å². The molecule has 1 aromatic rings. The maximum atomic E-state index is 11.4. The van der Waals surface area contributed by atoms with Gasteiger partial charge in [-0.2, -0.15) is 0 Å². The lowest BCUT2D eigenvalue weighted by Gasteiger charge is -2.13. The van der Waals surface area contributed by atoms with Gasteiger partial charge in [0, 0.05) is 11.6 Å². The molecular formula is C12H15BrO3. The molecule has 1 atom stereocenters. The SMILES string of the molecule is COC(C)COc1cc(Br)ccc1C(C)=O. The molecule has 0 aliphatic carbocycles. The minimum absolute atomic E-state index is 0.00112. The van der Waals surface area contributed by atoms with Gasteiger partial charge in [0.15, 0.2) is 5.78 Å². The summed E-state index contributed by atoms with van der Waals surface area (Å²) in [6.07, 6.45) is -0.00112. The van der Waals surface area contributed by atoms with E-state index in [1.807, 2.05) is 13.0 Å². The Labute approximate surface area is 104 Å². The van der Waals surface area contributed by atoms with Gasteiger partial charge < -0.3 is 9.47 Å². The quantitative estimate of drug-likeness (QED) is 0.781. The lowest BCUT2D eigenvalue weighted by Crippen LogP contribution is -2.17. The van der Waals surface area contributed by atoms with Crippen LogP contribution in [0, 0.1) is 0 Å². The molecule has 1 unspecified atom stereocenters. The van der Waals surface area contributed by atoms with Gasteiger partial charge in [0.05, 0.1) is 11.7 Å². The van der Waals surface area contributed by atoms with Crippen molar-refractivity contribution in [3.8, 4) is 5.75 Å². The molecule has 0 radical (unpaired) electrons. The molecule has 0 N–H and O–H groups in total. The molecular weight excluding hydrogens is 272 g/mol. The van der Waals surface area contributed by atoms with Crippen molar-refractivity contribution in [1.29, 1.82) is 0 Å². The summed E-state index contributed by atoms with van der Waals surface area (Å²) in [5.41, 5.74) is 0.589. The average Bonchev–Trinajstić information content (AvgIpc) is 2.25. The molecule has 0 aromatic heterocycles. The first-order valence-corrected chi connectivity index (χ1v) is 5.80. The summed E-state index contributed by atoms with van der Waals surface area (Å²) >= 11 is 3.35. The van der Waals surface area contributed by atoms with E-state index in [9.17, 15) is 4.79 Å². The number of benzene rings is 1. The molecule has 0 spiro atoms. The first-order valence-electron chi connectivity index (χ1n) is 5.00. The van der Waals surface area contributed by atoms with E-state index in [1.54, 1.807) is 19.2 Å². The van der Waals surface area contributed by atoms with E-state index in [1.165, 1.54) is 6.92 Å². The second kappa shape index (κ2) is 6.01. The molecule has 0 aliphatic rings. The number of carbonyl (C=O) groups excluding carboxylic acids is 1. The Bertz CT molecular complexity index is 377. The van der Waals surface area contributed by atoms with E-state index >= 15 is 0 Å². The smallest absolute Gasteiger partial charge is 0.163 e. The molecule has 0 saturated heterocycles. The summed E-state index contributed by atoms with van der Waals surface area (Å²) in [5, 5.41) is 0. The van der Waals surface area contributed by atoms with Gasteiger partial charge in [0.1, 0.15) is 12.4 Å². The Morgan fingerprint density at radius 1 is 1.50 bits per heavy atom. The van der Waals surface area contributed by atoms with Crippen LogP contribution >= 0.6 is 15.9 Å². The molecule has 4 heteroatoms. The highest BCUT2D eigenvalue weighted by atomic mass is 79.9. The molecule has 0 fully saturated rings. The fraction of sp³-hybridized carbons (Fsp3) is 0.417. The molecule has 16 heavy (non-hydrogen) atoms. The Morgan fingerprint density at radius 3 is 2.75 bits per heavy atom. The molecule has 88 valence electrons. The standard InChI is InChI=1S/C12H15BrO3/c1-8(15-3)7-16-12-6-10(13)4-5-11(12)9(2)14/h4-6,8H,7H2,1-3H3. The molecule has 1 rings (SSSR count). The lowest BCUT2D eigenvalue weighted by atomic mass is 10.1. The number of rotatable bonds is 5. The number of carbonyl (C=O) groups is 1. The van der Waals surface area contributed by atoms with Gasteiger partial charge in [-0.15, -0.1) is 0 Å².